The minimum atomic E-state index is -1.99. The highest BCUT2D eigenvalue weighted by Gasteiger charge is 2.67. The van der Waals surface area contributed by atoms with E-state index in [2.05, 4.69) is 26.2 Å². The van der Waals surface area contributed by atoms with Gasteiger partial charge in [0.05, 0.1) is 0 Å². The zero-order chi connectivity index (χ0) is 33.5. The molecule has 18 heteroatoms. The summed E-state index contributed by atoms with van der Waals surface area (Å²) in [6.07, 6.45) is 0. The number of aryl methyl sites for hydroxylation is 1. The number of fused-ring (bicyclic) bond motifs is 2. The number of phenols is 1. The maximum atomic E-state index is 13.9. The van der Waals surface area contributed by atoms with Gasteiger partial charge in [0.15, 0.2) is 0 Å². The highest BCUT2D eigenvalue weighted by atomic mass is 32.2. The first-order valence-corrected chi connectivity index (χ1v) is 15.8. The Bertz CT molecular complexity index is 2010. The summed E-state index contributed by atoms with van der Waals surface area (Å²) in [6.45, 7) is 0. The van der Waals surface area contributed by atoms with E-state index in [4.69, 9.17) is 9.15 Å². The number of nitrogens with one attached hydrogen (secondary N) is 2. The lowest BCUT2D eigenvalue weighted by atomic mass is 9.96. The molecule has 0 radical (unpaired) electrons. The molecular formula is C29H25N7O9S2. The highest BCUT2D eigenvalue weighted by Crippen LogP contribution is 2.47. The number of nitrogens with zero attached hydrogens (tertiary/aromatic N) is 5. The molecule has 0 bridgehead atoms. The van der Waals surface area contributed by atoms with Crippen molar-refractivity contribution in [2.45, 2.75) is 22.3 Å². The van der Waals surface area contributed by atoms with E-state index in [0.29, 0.717) is 16.1 Å². The highest BCUT2D eigenvalue weighted by molar-refractivity contribution is 8.01. The van der Waals surface area contributed by atoms with Gasteiger partial charge in [-0.3, -0.25) is 19.3 Å². The van der Waals surface area contributed by atoms with Gasteiger partial charge in [0.2, 0.25) is 11.1 Å². The van der Waals surface area contributed by atoms with E-state index < -0.39 is 46.5 Å². The number of phenolic OH excluding ortho intramolecular Hbond substituents is 1. The van der Waals surface area contributed by atoms with Crippen LogP contribution in [0.3, 0.4) is 0 Å². The van der Waals surface area contributed by atoms with Gasteiger partial charge < -0.3 is 30.0 Å². The van der Waals surface area contributed by atoms with Crippen LogP contribution < -0.4 is 16.3 Å². The van der Waals surface area contributed by atoms with E-state index in [0.717, 1.165) is 4.90 Å². The van der Waals surface area contributed by atoms with E-state index in [1.165, 1.54) is 65.6 Å². The summed E-state index contributed by atoms with van der Waals surface area (Å²) in [5.74, 6) is -3.75. The summed E-state index contributed by atoms with van der Waals surface area (Å²) in [4.78, 5) is 67.2. The van der Waals surface area contributed by atoms with Crippen LogP contribution in [0.15, 0.2) is 80.2 Å². The zero-order valence-corrected chi connectivity index (χ0v) is 26.2. The molecule has 47 heavy (non-hydrogen) atoms. The summed E-state index contributed by atoms with van der Waals surface area (Å²) in [5, 5.41) is 36.2. The monoisotopic (exact) mass is 679 g/mol. The van der Waals surface area contributed by atoms with E-state index in [1.54, 1.807) is 31.3 Å². The number of carboxylic acid groups (broad SMARTS) is 1. The number of para-hydroxylation sites is 1. The number of ether oxygens (including phenoxy) is 1. The van der Waals surface area contributed by atoms with Gasteiger partial charge in [0.1, 0.15) is 34.0 Å². The molecule has 6 rings (SSSR count). The van der Waals surface area contributed by atoms with Crippen LogP contribution in [0.2, 0.25) is 0 Å². The molecule has 2 aliphatic rings. The fraction of sp³-hybridized carbons (Fsp3) is 0.241. The Hall–Kier alpha value is -5.20. The summed E-state index contributed by atoms with van der Waals surface area (Å²) in [7, 11) is 2.83. The Morgan fingerprint density at radius 1 is 1.19 bits per heavy atom. The van der Waals surface area contributed by atoms with Gasteiger partial charge in [-0.1, -0.05) is 42.1 Å². The van der Waals surface area contributed by atoms with Crippen molar-refractivity contribution in [3.63, 3.8) is 0 Å². The number of aromatic hydroxyl groups is 1. The van der Waals surface area contributed by atoms with Crippen molar-refractivity contribution in [2.24, 2.45) is 7.05 Å². The maximum Gasteiger partial charge on any atom is 0.352 e. The molecule has 3 amide bonds. The van der Waals surface area contributed by atoms with Crippen molar-refractivity contribution in [2.75, 3.05) is 18.6 Å². The Balaban J connectivity index is 1.27. The van der Waals surface area contributed by atoms with E-state index in [-0.39, 0.29) is 39.7 Å². The number of hydrogen-bond acceptors (Lipinski definition) is 13. The van der Waals surface area contributed by atoms with E-state index in [1.807, 2.05) is 0 Å². The normalized spacial score (nSPS) is 19.6. The molecule has 0 saturated carbocycles. The summed E-state index contributed by atoms with van der Waals surface area (Å²) >= 11 is 2.38. The molecule has 0 spiro atoms. The van der Waals surface area contributed by atoms with Crippen LogP contribution in [0.4, 0.5) is 0 Å². The Kier molecular flexibility index (Phi) is 8.47. The number of thioether (sulfide) groups is 2. The first-order chi connectivity index (χ1) is 22.5. The first-order valence-electron chi connectivity index (χ1n) is 13.8. The van der Waals surface area contributed by atoms with Crippen molar-refractivity contribution in [3.05, 3.63) is 87.4 Å². The standard InChI is InChI=1S/C29H25N7O9S2/c1-35-28(32-33-34-35)47-13-16-12-46-27-29(44-2,26(43)36(27)21(16)24(40)41)31-23(39)20(14-7-9-17(37)10-8-14)30-22(38)18-11-15-5-3-4-6-19(15)45-25(18)42/h3-11,20,27,37H,12-13H2,1-2H3,(H,30,38)(H,31,39)(H,40,41)/t20?,27-,29+/m1/s1. The fourth-order valence-electron chi connectivity index (χ4n) is 5.20. The van der Waals surface area contributed by atoms with Gasteiger partial charge in [0.25, 0.3) is 17.5 Å². The number of tetrazole rings is 1. The molecule has 2 aliphatic heterocycles. The SMILES string of the molecule is CO[C@@]1(NC(=O)C(NC(=O)c2cc3ccccc3oc2=O)c2ccc(O)cc2)C(=O)N2C(C(=O)O)=C(CSc3nnnn3C)CS[C@@H]21. The zero-order valence-electron chi connectivity index (χ0n) is 24.6. The number of aliphatic carboxylic acids is 1. The third-order valence-corrected chi connectivity index (χ3v) is 10.0. The van der Waals surface area contributed by atoms with Crippen LogP contribution in [0, 0.1) is 0 Å². The van der Waals surface area contributed by atoms with Gasteiger partial charge in [-0.2, -0.15) is 0 Å². The Morgan fingerprint density at radius 2 is 1.94 bits per heavy atom. The molecule has 3 atom stereocenters. The molecule has 4 N–H and O–H groups in total. The molecule has 1 fully saturated rings. The molecule has 0 aliphatic carbocycles. The topological polar surface area (TPSA) is 219 Å². The van der Waals surface area contributed by atoms with Crippen LogP contribution in [-0.4, -0.2) is 88.7 Å². The minimum Gasteiger partial charge on any atom is -0.508 e. The number of carbonyl (C=O) groups is 4. The molecule has 4 aromatic rings. The summed E-state index contributed by atoms with van der Waals surface area (Å²) in [6, 6.07) is 11.8. The molecule has 2 aromatic heterocycles. The number of methoxy groups -OCH3 is 1. The molecule has 4 heterocycles. The number of carboxylic acids is 1. The van der Waals surface area contributed by atoms with Crippen molar-refractivity contribution < 1.29 is 38.5 Å². The van der Waals surface area contributed by atoms with Crippen molar-refractivity contribution >= 4 is 58.2 Å². The van der Waals surface area contributed by atoms with Gasteiger partial charge >= 0.3 is 11.6 Å². The third-order valence-electron chi connectivity index (χ3n) is 7.55. The lowest BCUT2D eigenvalue weighted by Crippen LogP contribution is -2.81. The predicted molar refractivity (Wildman–Crippen MR) is 166 cm³/mol. The summed E-state index contributed by atoms with van der Waals surface area (Å²) in [5.41, 5.74) is -2.61. The van der Waals surface area contributed by atoms with Crippen LogP contribution in [-0.2, 0) is 26.2 Å². The van der Waals surface area contributed by atoms with Gasteiger partial charge in [0, 0.05) is 31.0 Å². The number of amides is 3. The van der Waals surface area contributed by atoms with Crippen LogP contribution in [0.25, 0.3) is 11.0 Å². The average molecular weight is 680 g/mol. The van der Waals surface area contributed by atoms with Crippen molar-refractivity contribution in [1.29, 1.82) is 0 Å². The number of β-lactam (4-membered cyclic amide) rings is 1. The minimum absolute atomic E-state index is 0.108. The molecule has 242 valence electrons. The number of aromatic nitrogens is 4. The summed E-state index contributed by atoms with van der Waals surface area (Å²) < 4.78 is 12.3. The van der Waals surface area contributed by atoms with Crippen molar-refractivity contribution in [3.8, 4) is 5.75 Å². The Morgan fingerprint density at radius 3 is 2.62 bits per heavy atom. The molecule has 2 aromatic carbocycles. The third kappa shape index (κ3) is 5.70. The van der Waals surface area contributed by atoms with Gasteiger partial charge in [-0.15, -0.1) is 16.9 Å². The lowest BCUT2D eigenvalue weighted by Gasteiger charge is -2.56. The lowest BCUT2D eigenvalue weighted by molar-refractivity contribution is -0.192. The van der Waals surface area contributed by atoms with Crippen molar-refractivity contribution in [1.82, 2.24) is 35.7 Å². The van der Waals surface area contributed by atoms with Crippen LogP contribution in [0.5, 0.6) is 5.75 Å². The van der Waals surface area contributed by atoms with Gasteiger partial charge in [-0.25, -0.2) is 14.3 Å². The maximum absolute atomic E-state index is 13.9. The first kappa shape index (κ1) is 31.8. The molecular weight excluding hydrogens is 654 g/mol. The van der Waals surface area contributed by atoms with Gasteiger partial charge in [-0.05, 0) is 45.8 Å². The molecule has 1 saturated heterocycles. The fourth-order valence-corrected chi connectivity index (χ4v) is 7.63. The predicted octanol–water partition coefficient (Wildman–Crippen LogP) is 0.998. The van der Waals surface area contributed by atoms with E-state index in [9.17, 15) is 34.2 Å². The number of hydrogen-bond donors (Lipinski definition) is 4. The second-order valence-electron chi connectivity index (χ2n) is 10.4. The van der Waals surface area contributed by atoms with E-state index >= 15 is 0 Å². The Labute approximate surface area is 273 Å². The second kappa shape index (κ2) is 12.5. The number of carbonyl (C=O) groups excluding carboxylic acids is 3. The molecule has 16 nitrogen and oxygen atoms in total. The largest absolute Gasteiger partial charge is 0.508 e. The second-order valence-corrected chi connectivity index (χ2v) is 12.4. The van der Waals surface area contributed by atoms with Crippen LogP contribution >= 0.6 is 23.5 Å². The average Bonchev–Trinajstić information content (AvgIpc) is 3.48. The smallest absolute Gasteiger partial charge is 0.352 e. The number of benzene rings is 2. The number of rotatable bonds is 10. The molecule has 1 unspecified atom stereocenters. The quantitative estimate of drug-likeness (QED) is 0.0796. The van der Waals surface area contributed by atoms with Crippen LogP contribution in [0.1, 0.15) is 22.0 Å².